The average molecular weight is 378 g/mol. The van der Waals surface area contributed by atoms with Crippen LogP contribution in [0.15, 0.2) is 29.5 Å². The van der Waals surface area contributed by atoms with Crippen LogP contribution in [0, 0.1) is 0 Å². The van der Waals surface area contributed by atoms with E-state index in [9.17, 15) is 0 Å². The van der Waals surface area contributed by atoms with Gasteiger partial charge in [-0.15, -0.1) is 24.0 Å². The number of rotatable bonds is 8. The maximum Gasteiger partial charge on any atom is 0.191 e. The Labute approximate surface area is 134 Å². The summed E-state index contributed by atoms with van der Waals surface area (Å²) in [7, 11) is 1.82. The third-order valence-electron chi connectivity index (χ3n) is 2.88. The third-order valence-corrected chi connectivity index (χ3v) is 2.88. The summed E-state index contributed by atoms with van der Waals surface area (Å²) in [5.41, 5.74) is 0. The predicted molar refractivity (Wildman–Crippen MR) is 93.4 cm³/mol. The fourth-order valence-electron chi connectivity index (χ4n) is 1.80. The van der Waals surface area contributed by atoms with E-state index in [4.69, 9.17) is 0 Å². The van der Waals surface area contributed by atoms with Crippen molar-refractivity contribution < 1.29 is 0 Å². The predicted octanol–water partition coefficient (Wildman–Crippen LogP) is 2.85. The van der Waals surface area contributed by atoms with Crippen molar-refractivity contribution in [2.45, 2.75) is 39.2 Å². The van der Waals surface area contributed by atoms with E-state index in [0.29, 0.717) is 0 Å². The number of nitrogens with zero attached hydrogens (tertiary/aromatic N) is 2. The second-order valence-electron chi connectivity index (χ2n) is 4.41. The van der Waals surface area contributed by atoms with Crippen LogP contribution in [0.2, 0.25) is 0 Å². The number of guanidine groups is 1. The summed E-state index contributed by atoms with van der Waals surface area (Å²) in [6, 6.07) is 4.08. The first kappa shape index (κ1) is 18.3. The van der Waals surface area contributed by atoms with E-state index < -0.39 is 0 Å². The fraction of sp³-hybridized carbons (Fsp3) is 0.643. The van der Waals surface area contributed by atoms with Gasteiger partial charge in [0.1, 0.15) is 0 Å². The molecule has 0 saturated carbocycles. The van der Waals surface area contributed by atoms with Gasteiger partial charge in [-0.3, -0.25) is 4.99 Å². The quantitative estimate of drug-likeness (QED) is 0.316. The van der Waals surface area contributed by atoms with Crippen molar-refractivity contribution in [3.8, 4) is 0 Å². The Morgan fingerprint density at radius 3 is 2.37 bits per heavy atom. The minimum Gasteiger partial charge on any atom is -0.356 e. The van der Waals surface area contributed by atoms with Gasteiger partial charge in [0.15, 0.2) is 5.96 Å². The molecule has 0 fully saturated rings. The lowest BCUT2D eigenvalue weighted by molar-refractivity contribution is 0.635. The summed E-state index contributed by atoms with van der Waals surface area (Å²) in [6.45, 7) is 5.09. The molecule has 0 radical (unpaired) electrons. The van der Waals surface area contributed by atoms with Crippen LogP contribution in [0.1, 0.15) is 32.6 Å². The van der Waals surface area contributed by atoms with Gasteiger partial charge in [-0.05, 0) is 18.6 Å². The number of aromatic nitrogens is 1. The number of hydrogen-bond donors (Lipinski definition) is 2. The number of unbranched alkanes of at least 4 members (excludes halogenated alkanes) is 3. The van der Waals surface area contributed by atoms with Gasteiger partial charge in [0.2, 0.25) is 0 Å². The topological polar surface area (TPSA) is 41.4 Å². The molecule has 2 N–H and O–H groups in total. The molecule has 0 aliphatic heterocycles. The summed E-state index contributed by atoms with van der Waals surface area (Å²) in [5.74, 6) is 0.902. The van der Waals surface area contributed by atoms with Crippen LogP contribution in [-0.2, 0) is 6.54 Å². The highest BCUT2D eigenvalue weighted by Gasteiger charge is 1.96. The summed E-state index contributed by atoms with van der Waals surface area (Å²) in [6.07, 6.45) is 9.26. The highest BCUT2D eigenvalue weighted by molar-refractivity contribution is 14.0. The summed E-state index contributed by atoms with van der Waals surface area (Å²) in [5, 5.41) is 6.65. The number of hydrogen-bond acceptors (Lipinski definition) is 1. The average Bonchev–Trinajstić information content (AvgIpc) is 2.89. The molecular formula is C14H27IN4. The fourth-order valence-corrected chi connectivity index (χ4v) is 1.80. The molecule has 0 atom stereocenters. The van der Waals surface area contributed by atoms with Crippen molar-refractivity contribution in [1.82, 2.24) is 15.2 Å². The summed E-state index contributed by atoms with van der Waals surface area (Å²) >= 11 is 0. The lowest BCUT2D eigenvalue weighted by Crippen LogP contribution is -2.39. The number of halogens is 1. The monoisotopic (exact) mass is 378 g/mol. The minimum absolute atomic E-state index is 0. The molecule has 0 bridgehead atoms. The molecule has 0 spiro atoms. The van der Waals surface area contributed by atoms with Gasteiger partial charge >= 0.3 is 0 Å². The molecule has 0 aliphatic rings. The number of nitrogens with one attached hydrogen (secondary N) is 2. The van der Waals surface area contributed by atoms with Crippen LogP contribution in [0.25, 0.3) is 0 Å². The van der Waals surface area contributed by atoms with E-state index in [1.807, 2.05) is 19.2 Å². The van der Waals surface area contributed by atoms with Crippen molar-refractivity contribution in [2.75, 3.05) is 20.1 Å². The Kier molecular flexibility index (Phi) is 11.9. The van der Waals surface area contributed by atoms with Crippen molar-refractivity contribution in [3.05, 3.63) is 24.5 Å². The first-order valence-corrected chi connectivity index (χ1v) is 6.92. The van der Waals surface area contributed by atoms with Crippen molar-refractivity contribution in [3.63, 3.8) is 0 Å². The van der Waals surface area contributed by atoms with E-state index >= 15 is 0 Å². The zero-order valence-corrected chi connectivity index (χ0v) is 14.4. The Bertz CT molecular complexity index is 322. The molecule has 0 amide bonds. The number of aliphatic imine (C=N–C) groups is 1. The van der Waals surface area contributed by atoms with Crippen molar-refractivity contribution in [1.29, 1.82) is 0 Å². The molecular weight excluding hydrogens is 351 g/mol. The minimum atomic E-state index is 0. The molecule has 0 aliphatic carbocycles. The maximum atomic E-state index is 4.21. The molecule has 19 heavy (non-hydrogen) atoms. The van der Waals surface area contributed by atoms with Gasteiger partial charge < -0.3 is 15.2 Å². The van der Waals surface area contributed by atoms with Crippen LogP contribution >= 0.6 is 24.0 Å². The second kappa shape index (κ2) is 12.3. The van der Waals surface area contributed by atoms with E-state index in [-0.39, 0.29) is 24.0 Å². The maximum absolute atomic E-state index is 4.21. The second-order valence-corrected chi connectivity index (χ2v) is 4.41. The summed E-state index contributed by atoms with van der Waals surface area (Å²) in [4.78, 5) is 4.21. The molecule has 5 heteroatoms. The Balaban J connectivity index is 0.00000324. The van der Waals surface area contributed by atoms with Gasteiger partial charge in [-0.2, -0.15) is 0 Å². The third kappa shape index (κ3) is 8.91. The molecule has 110 valence electrons. The highest BCUT2D eigenvalue weighted by Crippen LogP contribution is 1.96. The molecule has 1 heterocycles. The first-order chi connectivity index (χ1) is 8.86. The zero-order valence-electron chi connectivity index (χ0n) is 12.1. The van der Waals surface area contributed by atoms with Gasteiger partial charge in [-0.1, -0.05) is 26.2 Å². The molecule has 1 aromatic heterocycles. The van der Waals surface area contributed by atoms with Crippen LogP contribution in [0.3, 0.4) is 0 Å². The van der Waals surface area contributed by atoms with Crippen LogP contribution in [0.4, 0.5) is 0 Å². The van der Waals surface area contributed by atoms with Crippen LogP contribution in [-0.4, -0.2) is 30.7 Å². The summed E-state index contributed by atoms with van der Waals surface area (Å²) < 4.78 is 2.15. The van der Waals surface area contributed by atoms with Crippen LogP contribution in [0.5, 0.6) is 0 Å². The van der Waals surface area contributed by atoms with Gasteiger partial charge in [0, 0.05) is 39.1 Å². The first-order valence-electron chi connectivity index (χ1n) is 6.92. The zero-order chi connectivity index (χ0) is 13.1. The smallest absolute Gasteiger partial charge is 0.191 e. The van der Waals surface area contributed by atoms with E-state index in [1.54, 1.807) is 0 Å². The molecule has 4 nitrogen and oxygen atoms in total. The van der Waals surface area contributed by atoms with Crippen molar-refractivity contribution in [2.24, 2.45) is 4.99 Å². The lowest BCUT2D eigenvalue weighted by Gasteiger charge is -2.12. The Morgan fingerprint density at radius 2 is 1.74 bits per heavy atom. The van der Waals surface area contributed by atoms with Crippen molar-refractivity contribution >= 4 is 29.9 Å². The highest BCUT2D eigenvalue weighted by atomic mass is 127. The van der Waals surface area contributed by atoms with E-state index in [2.05, 4.69) is 39.5 Å². The Hall–Kier alpha value is -0.720. The lowest BCUT2D eigenvalue weighted by atomic mass is 10.2. The van der Waals surface area contributed by atoms with E-state index in [1.165, 1.54) is 25.7 Å². The SMILES string of the molecule is CCCCCCNC(=NC)NCCn1cccc1.I. The van der Waals surface area contributed by atoms with Crippen LogP contribution < -0.4 is 10.6 Å². The Morgan fingerprint density at radius 1 is 1.05 bits per heavy atom. The normalized spacial score (nSPS) is 10.9. The van der Waals surface area contributed by atoms with E-state index in [0.717, 1.165) is 25.6 Å². The van der Waals surface area contributed by atoms with Gasteiger partial charge in [-0.25, -0.2) is 0 Å². The molecule has 1 aromatic rings. The molecule has 0 saturated heterocycles. The molecule has 0 aromatic carbocycles. The standard InChI is InChI=1S/C14H26N4.HI/c1-3-4-5-6-9-16-14(15-2)17-10-13-18-11-7-8-12-18;/h7-8,11-12H,3-6,9-10,13H2,1-2H3,(H2,15,16,17);1H. The molecule has 0 unspecified atom stereocenters. The van der Waals surface area contributed by atoms with Gasteiger partial charge in [0.05, 0.1) is 0 Å². The van der Waals surface area contributed by atoms with Gasteiger partial charge in [0.25, 0.3) is 0 Å². The molecule has 1 rings (SSSR count). The largest absolute Gasteiger partial charge is 0.356 e.